The van der Waals surface area contributed by atoms with Crippen LogP contribution < -0.4 is 0 Å². The Balaban J connectivity index is 1.97. The zero-order valence-corrected chi connectivity index (χ0v) is 14.5. The maximum Gasteiger partial charge on any atom is 0.356 e. The van der Waals surface area contributed by atoms with Gasteiger partial charge in [-0.05, 0) is 24.3 Å². The first-order valence-corrected chi connectivity index (χ1v) is 8.25. The van der Waals surface area contributed by atoms with Crippen molar-refractivity contribution >= 4 is 27.8 Å². The number of fused-ring (bicyclic) bond motifs is 4. The van der Waals surface area contributed by atoms with Crippen molar-refractivity contribution in [3.8, 4) is 0 Å². The molecule has 1 aliphatic heterocycles. The zero-order valence-electron chi connectivity index (χ0n) is 14.5. The van der Waals surface area contributed by atoms with Gasteiger partial charge in [0, 0.05) is 23.4 Å². The quantitative estimate of drug-likeness (QED) is 0.506. The van der Waals surface area contributed by atoms with E-state index in [9.17, 15) is 9.18 Å². The number of aromatic nitrogens is 5. The van der Waals surface area contributed by atoms with Gasteiger partial charge in [0.25, 0.3) is 0 Å². The summed E-state index contributed by atoms with van der Waals surface area (Å²) >= 11 is 0. The van der Waals surface area contributed by atoms with Crippen molar-refractivity contribution in [3.63, 3.8) is 0 Å². The molecule has 1 unspecified atom stereocenters. The smallest absolute Gasteiger partial charge is 0.356 e. The average molecular weight is 367 g/mol. The number of hydrogen-bond acceptors (Lipinski definition) is 6. The number of benzene rings is 1. The predicted octanol–water partition coefficient (Wildman–Crippen LogP) is 2.26. The maximum atomic E-state index is 14.0. The third-order valence-electron chi connectivity index (χ3n) is 4.87. The van der Waals surface area contributed by atoms with Crippen molar-refractivity contribution in [2.75, 3.05) is 14.2 Å². The molecular weight excluding hydrogens is 353 g/mol. The molecule has 27 heavy (non-hydrogen) atoms. The molecule has 1 atom stereocenters. The highest BCUT2D eigenvalue weighted by molar-refractivity contribution is 6.10. The molecule has 4 aromatic rings. The van der Waals surface area contributed by atoms with Gasteiger partial charge in [0.05, 0.1) is 31.1 Å². The zero-order chi connectivity index (χ0) is 18.7. The predicted molar refractivity (Wildman–Crippen MR) is 92.8 cm³/mol. The topological polar surface area (TPSA) is 84.1 Å². The van der Waals surface area contributed by atoms with Gasteiger partial charge in [-0.3, -0.25) is 0 Å². The number of carbonyl (C=O) groups excluding carboxylic acids is 1. The largest absolute Gasteiger partial charge is 0.464 e. The summed E-state index contributed by atoms with van der Waals surface area (Å²) < 4.78 is 28.1. The van der Waals surface area contributed by atoms with Crippen molar-refractivity contribution in [1.29, 1.82) is 0 Å². The molecule has 8 nitrogen and oxygen atoms in total. The van der Waals surface area contributed by atoms with Gasteiger partial charge >= 0.3 is 5.97 Å². The van der Waals surface area contributed by atoms with E-state index in [0.29, 0.717) is 23.0 Å². The minimum absolute atomic E-state index is 0.119. The summed E-state index contributed by atoms with van der Waals surface area (Å²) in [6, 6.07) is 6.21. The van der Waals surface area contributed by atoms with Crippen molar-refractivity contribution in [2.45, 2.75) is 12.8 Å². The summed E-state index contributed by atoms with van der Waals surface area (Å²) in [7, 11) is 2.82. The highest BCUT2D eigenvalue weighted by Crippen LogP contribution is 2.37. The fourth-order valence-electron chi connectivity index (χ4n) is 3.74. The second-order valence-electron chi connectivity index (χ2n) is 6.29. The van der Waals surface area contributed by atoms with E-state index in [1.165, 1.54) is 26.4 Å². The number of methoxy groups -OCH3 is 2. The SMILES string of the molecule is COC(=O)c1cc2c3cc(F)ccc3n3c2c(n1)C(OC)n1nncc1C3. The molecule has 136 valence electrons. The molecule has 1 aliphatic rings. The van der Waals surface area contributed by atoms with E-state index in [1.807, 2.05) is 4.57 Å². The van der Waals surface area contributed by atoms with E-state index in [4.69, 9.17) is 9.47 Å². The standard InChI is InChI=1S/C18H14FN5O3/c1-26-17-15-16-12(6-13(21-15)18(25)27-2)11-5-9(19)3-4-14(11)23(16)8-10-7-20-22-24(10)17/h3-7,17H,8H2,1-2H3. The molecule has 0 saturated heterocycles. The molecule has 0 fully saturated rings. The second kappa shape index (κ2) is 5.58. The number of halogens is 1. The van der Waals surface area contributed by atoms with Crippen molar-refractivity contribution in [2.24, 2.45) is 0 Å². The number of carbonyl (C=O) groups is 1. The van der Waals surface area contributed by atoms with E-state index in [-0.39, 0.29) is 11.5 Å². The summed E-state index contributed by atoms with van der Waals surface area (Å²) in [5.41, 5.74) is 3.01. The first kappa shape index (κ1) is 15.9. The molecular formula is C18H14FN5O3. The Bertz CT molecular complexity index is 1230. The van der Waals surface area contributed by atoms with Crippen LogP contribution in [0.3, 0.4) is 0 Å². The Kier molecular flexibility index (Phi) is 3.28. The average Bonchev–Trinajstić information content (AvgIpc) is 3.22. The maximum absolute atomic E-state index is 14.0. The van der Waals surface area contributed by atoms with Gasteiger partial charge in [0.2, 0.25) is 0 Å². The van der Waals surface area contributed by atoms with Crippen LogP contribution in [0.5, 0.6) is 0 Å². The van der Waals surface area contributed by atoms with Gasteiger partial charge in [-0.15, -0.1) is 5.10 Å². The highest BCUT2D eigenvalue weighted by atomic mass is 19.1. The van der Waals surface area contributed by atoms with Crippen LogP contribution in [0.4, 0.5) is 4.39 Å². The lowest BCUT2D eigenvalue weighted by atomic mass is 10.1. The van der Waals surface area contributed by atoms with E-state index in [1.54, 1.807) is 23.0 Å². The Morgan fingerprint density at radius 3 is 2.89 bits per heavy atom. The monoisotopic (exact) mass is 367 g/mol. The normalized spacial score (nSPS) is 15.7. The Morgan fingerprint density at radius 1 is 1.26 bits per heavy atom. The van der Waals surface area contributed by atoms with Gasteiger partial charge in [-0.1, -0.05) is 5.21 Å². The van der Waals surface area contributed by atoms with Gasteiger partial charge in [-0.2, -0.15) is 0 Å². The number of ether oxygens (including phenoxy) is 2. The van der Waals surface area contributed by atoms with E-state index >= 15 is 0 Å². The molecule has 0 spiro atoms. The molecule has 4 heterocycles. The van der Waals surface area contributed by atoms with Gasteiger partial charge in [0.1, 0.15) is 17.2 Å². The molecule has 9 heteroatoms. The molecule has 0 bridgehead atoms. The second-order valence-corrected chi connectivity index (χ2v) is 6.29. The number of pyridine rings is 1. The lowest BCUT2D eigenvalue weighted by Gasteiger charge is -2.16. The third-order valence-corrected chi connectivity index (χ3v) is 4.87. The van der Waals surface area contributed by atoms with Gasteiger partial charge < -0.3 is 14.0 Å². The molecule has 3 aromatic heterocycles. The summed E-state index contributed by atoms with van der Waals surface area (Å²) in [6.07, 6.45) is 0.977. The number of hydrogen-bond donors (Lipinski definition) is 0. The van der Waals surface area contributed by atoms with Gasteiger partial charge in [0.15, 0.2) is 6.23 Å². The molecule has 0 saturated carbocycles. The summed E-state index contributed by atoms with van der Waals surface area (Å²) in [4.78, 5) is 16.7. The van der Waals surface area contributed by atoms with Crippen molar-refractivity contribution in [1.82, 2.24) is 24.5 Å². The minimum atomic E-state index is -0.676. The Hall–Kier alpha value is -3.33. The Morgan fingerprint density at radius 2 is 2.11 bits per heavy atom. The van der Waals surface area contributed by atoms with Crippen LogP contribution in [0.2, 0.25) is 0 Å². The van der Waals surface area contributed by atoms with E-state index in [0.717, 1.165) is 16.7 Å². The number of esters is 1. The fourth-order valence-corrected chi connectivity index (χ4v) is 3.74. The fraction of sp³-hybridized carbons (Fsp3) is 0.222. The van der Waals surface area contributed by atoms with E-state index in [2.05, 4.69) is 15.3 Å². The number of nitrogens with zero attached hydrogens (tertiary/aromatic N) is 5. The molecule has 0 amide bonds. The Labute approximate surface area is 152 Å². The van der Waals surface area contributed by atoms with Crippen LogP contribution in [-0.4, -0.2) is 44.7 Å². The number of rotatable bonds is 2. The van der Waals surface area contributed by atoms with Crippen LogP contribution in [0.1, 0.15) is 28.1 Å². The lowest BCUT2D eigenvalue weighted by molar-refractivity contribution is 0.0572. The van der Waals surface area contributed by atoms with Crippen LogP contribution in [0.25, 0.3) is 21.8 Å². The van der Waals surface area contributed by atoms with Crippen LogP contribution in [0.15, 0.2) is 30.5 Å². The first-order valence-electron chi connectivity index (χ1n) is 8.25. The van der Waals surface area contributed by atoms with Gasteiger partial charge in [-0.25, -0.2) is 18.9 Å². The summed E-state index contributed by atoms with van der Waals surface area (Å²) in [6.45, 7) is 0.463. The van der Waals surface area contributed by atoms with Crippen LogP contribution in [-0.2, 0) is 16.0 Å². The van der Waals surface area contributed by atoms with Crippen LogP contribution in [0, 0.1) is 5.82 Å². The molecule has 0 N–H and O–H groups in total. The molecule has 1 aromatic carbocycles. The van der Waals surface area contributed by atoms with E-state index < -0.39 is 12.2 Å². The molecule has 0 radical (unpaired) electrons. The van der Waals surface area contributed by atoms with Crippen molar-refractivity contribution < 1.29 is 18.7 Å². The first-order chi connectivity index (χ1) is 13.1. The molecule has 5 rings (SSSR count). The summed E-state index contributed by atoms with van der Waals surface area (Å²) in [5.74, 6) is -0.935. The lowest BCUT2D eigenvalue weighted by Crippen LogP contribution is -2.18. The highest BCUT2D eigenvalue weighted by Gasteiger charge is 2.30. The van der Waals surface area contributed by atoms with Crippen molar-refractivity contribution in [3.05, 3.63) is 53.4 Å². The third kappa shape index (κ3) is 2.12. The minimum Gasteiger partial charge on any atom is -0.464 e. The molecule has 0 aliphatic carbocycles. The summed E-state index contributed by atoms with van der Waals surface area (Å²) in [5, 5.41) is 9.49. The van der Waals surface area contributed by atoms with Crippen LogP contribution >= 0.6 is 0 Å².